The molecule has 0 heterocycles. The number of benzene rings is 2. The fourth-order valence-corrected chi connectivity index (χ4v) is 2.60. The predicted molar refractivity (Wildman–Crippen MR) is 79.3 cm³/mol. The van der Waals surface area contributed by atoms with Crippen LogP contribution < -0.4 is 4.74 Å². The summed E-state index contributed by atoms with van der Waals surface area (Å²) in [4.78, 5) is 0. The van der Waals surface area contributed by atoms with Crippen LogP contribution in [0.5, 0.6) is 11.5 Å². The summed E-state index contributed by atoms with van der Waals surface area (Å²) in [7, 11) is 1.65. The van der Waals surface area contributed by atoms with Crippen LogP contribution >= 0.6 is 31.9 Å². The van der Waals surface area contributed by atoms with Crippen molar-refractivity contribution in [2.75, 3.05) is 7.11 Å². The van der Waals surface area contributed by atoms with Crippen molar-refractivity contribution in [3.63, 3.8) is 0 Å². The normalized spacial score (nSPS) is 10.4. The molecule has 4 heteroatoms. The third-order valence-corrected chi connectivity index (χ3v) is 3.65. The molecule has 0 amide bonds. The molecule has 0 saturated carbocycles. The van der Waals surface area contributed by atoms with Crippen LogP contribution in [0.3, 0.4) is 0 Å². The molecule has 0 aliphatic carbocycles. The molecule has 94 valence electrons. The van der Waals surface area contributed by atoms with Crippen LogP contribution in [0.4, 0.5) is 0 Å². The van der Waals surface area contributed by atoms with Gasteiger partial charge in [0, 0.05) is 15.4 Å². The molecule has 18 heavy (non-hydrogen) atoms. The zero-order valence-electron chi connectivity index (χ0n) is 9.78. The maximum Gasteiger partial charge on any atom is 0.122 e. The van der Waals surface area contributed by atoms with Crippen LogP contribution in [0.25, 0.3) is 0 Å². The lowest BCUT2D eigenvalue weighted by atomic mass is 10.0. The molecule has 0 bridgehead atoms. The molecule has 0 saturated heterocycles. The van der Waals surface area contributed by atoms with Crippen LogP contribution in [-0.2, 0) is 6.42 Å². The Bertz CT molecular complexity index is 568. The number of hydrogen-bond donors (Lipinski definition) is 1. The van der Waals surface area contributed by atoms with Crippen LogP contribution in [-0.4, -0.2) is 12.2 Å². The zero-order chi connectivity index (χ0) is 13.1. The van der Waals surface area contributed by atoms with Crippen molar-refractivity contribution in [3.05, 3.63) is 56.5 Å². The van der Waals surface area contributed by atoms with E-state index >= 15 is 0 Å². The molecule has 0 aliphatic heterocycles. The van der Waals surface area contributed by atoms with Crippen LogP contribution in [0.2, 0.25) is 0 Å². The Labute approximate surface area is 123 Å². The monoisotopic (exact) mass is 370 g/mol. The number of halogens is 2. The number of phenolic OH excluding ortho intramolecular Hbond substituents is 1. The summed E-state index contributed by atoms with van der Waals surface area (Å²) in [6.45, 7) is 0. The minimum Gasteiger partial charge on any atom is -0.508 e. The van der Waals surface area contributed by atoms with E-state index in [0.717, 1.165) is 25.8 Å². The Hall–Kier alpha value is -1.00. The number of phenols is 1. The summed E-state index contributed by atoms with van der Waals surface area (Å²) in [5, 5.41) is 9.86. The molecule has 2 rings (SSSR count). The summed E-state index contributed by atoms with van der Waals surface area (Å²) in [5.74, 6) is 1.11. The topological polar surface area (TPSA) is 29.5 Å². The van der Waals surface area contributed by atoms with Crippen LogP contribution in [0.1, 0.15) is 11.1 Å². The first-order chi connectivity index (χ1) is 8.60. The van der Waals surface area contributed by atoms with E-state index in [1.165, 1.54) is 0 Å². The van der Waals surface area contributed by atoms with E-state index in [2.05, 4.69) is 31.9 Å². The van der Waals surface area contributed by atoms with Gasteiger partial charge < -0.3 is 9.84 Å². The van der Waals surface area contributed by atoms with Crippen molar-refractivity contribution in [2.45, 2.75) is 6.42 Å². The number of hydrogen-bond acceptors (Lipinski definition) is 2. The largest absolute Gasteiger partial charge is 0.508 e. The Kier molecular flexibility index (Phi) is 4.30. The first-order valence-corrected chi connectivity index (χ1v) is 6.98. The van der Waals surface area contributed by atoms with Crippen molar-refractivity contribution in [3.8, 4) is 11.5 Å². The van der Waals surface area contributed by atoms with E-state index in [1.54, 1.807) is 13.2 Å². The van der Waals surface area contributed by atoms with E-state index in [-0.39, 0.29) is 0 Å². The number of methoxy groups -OCH3 is 1. The van der Waals surface area contributed by atoms with E-state index in [4.69, 9.17) is 4.74 Å². The second-order valence-electron chi connectivity index (χ2n) is 3.91. The van der Waals surface area contributed by atoms with Crippen molar-refractivity contribution < 1.29 is 9.84 Å². The van der Waals surface area contributed by atoms with Gasteiger partial charge in [-0.1, -0.05) is 31.9 Å². The lowest BCUT2D eigenvalue weighted by molar-refractivity contribution is 0.410. The third kappa shape index (κ3) is 3.06. The molecule has 0 aliphatic rings. The van der Waals surface area contributed by atoms with Gasteiger partial charge in [0.2, 0.25) is 0 Å². The van der Waals surface area contributed by atoms with Gasteiger partial charge in [-0.05, 0) is 47.5 Å². The number of ether oxygens (including phenoxy) is 1. The number of rotatable bonds is 3. The quantitative estimate of drug-likeness (QED) is 0.859. The van der Waals surface area contributed by atoms with Crippen molar-refractivity contribution in [1.82, 2.24) is 0 Å². The zero-order valence-corrected chi connectivity index (χ0v) is 13.0. The summed E-state index contributed by atoms with van der Waals surface area (Å²) in [5.41, 5.74) is 1.89. The molecule has 0 atom stereocenters. The van der Waals surface area contributed by atoms with Gasteiger partial charge in [-0.2, -0.15) is 0 Å². The molecule has 0 fully saturated rings. The maximum atomic E-state index is 9.86. The lowest BCUT2D eigenvalue weighted by Crippen LogP contribution is -1.94. The summed E-state index contributed by atoms with van der Waals surface area (Å²) >= 11 is 6.85. The molecule has 0 unspecified atom stereocenters. The average molecular weight is 372 g/mol. The van der Waals surface area contributed by atoms with Crippen molar-refractivity contribution in [2.24, 2.45) is 0 Å². The first kappa shape index (κ1) is 13.4. The minimum absolute atomic E-state index is 0.292. The third-order valence-electron chi connectivity index (χ3n) is 2.66. The Balaban J connectivity index is 2.38. The molecular formula is C14H12Br2O2. The van der Waals surface area contributed by atoms with Gasteiger partial charge in [0.1, 0.15) is 11.5 Å². The van der Waals surface area contributed by atoms with Crippen LogP contribution in [0, 0.1) is 0 Å². The van der Waals surface area contributed by atoms with Gasteiger partial charge in [0.15, 0.2) is 0 Å². The van der Waals surface area contributed by atoms with E-state index in [9.17, 15) is 5.11 Å². The highest BCUT2D eigenvalue weighted by Crippen LogP contribution is 2.29. The first-order valence-electron chi connectivity index (χ1n) is 5.40. The fraction of sp³-hybridized carbons (Fsp3) is 0.143. The van der Waals surface area contributed by atoms with Gasteiger partial charge in [-0.15, -0.1) is 0 Å². The Morgan fingerprint density at radius 1 is 1.00 bits per heavy atom. The second-order valence-corrected chi connectivity index (χ2v) is 5.74. The highest BCUT2D eigenvalue weighted by atomic mass is 79.9. The molecule has 2 aromatic carbocycles. The summed E-state index contributed by atoms with van der Waals surface area (Å²) in [6, 6.07) is 11.3. The molecular weight excluding hydrogens is 360 g/mol. The predicted octanol–water partition coefficient (Wildman–Crippen LogP) is 4.52. The fourth-order valence-electron chi connectivity index (χ4n) is 1.79. The van der Waals surface area contributed by atoms with E-state index < -0.39 is 0 Å². The van der Waals surface area contributed by atoms with Crippen molar-refractivity contribution >= 4 is 31.9 Å². The number of aromatic hydroxyl groups is 1. The standard InChI is InChI=1S/C14H12Br2O2/c1-18-14-5-3-12(16)8-10(14)6-9-7-11(15)2-4-13(9)17/h2-5,7-8,17H,6H2,1H3. The smallest absolute Gasteiger partial charge is 0.122 e. The Morgan fingerprint density at radius 3 is 2.28 bits per heavy atom. The molecule has 2 nitrogen and oxygen atoms in total. The molecule has 2 aromatic rings. The van der Waals surface area contributed by atoms with Gasteiger partial charge in [-0.3, -0.25) is 0 Å². The summed E-state index contributed by atoms with van der Waals surface area (Å²) in [6.07, 6.45) is 0.619. The highest BCUT2D eigenvalue weighted by Gasteiger charge is 2.08. The van der Waals surface area contributed by atoms with Gasteiger partial charge >= 0.3 is 0 Å². The molecule has 0 spiro atoms. The van der Waals surface area contributed by atoms with Crippen LogP contribution in [0.15, 0.2) is 45.3 Å². The Morgan fingerprint density at radius 2 is 1.61 bits per heavy atom. The van der Waals surface area contributed by atoms with Gasteiger partial charge in [0.05, 0.1) is 7.11 Å². The SMILES string of the molecule is COc1ccc(Br)cc1Cc1cc(Br)ccc1O. The highest BCUT2D eigenvalue weighted by molar-refractivity contribution is 9.10. The summed E-state index contributed by atoms with van der Waals surface area (Å²) < 4.78 is 7.27. The maximum absolute atomic E-state index is 9.86. The second kappa shape index (κ2) is 5.76. The molecule has 0 aromatic heterocycles. The average Bonchev–Trinajstić information content (AvgIpc) is 2.34. The van der Waals surface area contributed by atoms with E-state index in [0.29, 0.717) is 12.2 Å². The molecule has 0 radical (unpaired) electrons. The van der Waals surface area contributed by atoms with Gasteiger partial charge in [-0.25, -0.2) is 0 Å². The van der Waals surface area contributed by atoms with Gasteiger partial charge in [0.25, 0.3) is 0 Å². The molecule has 1 N–H and O–H groups in total. The van der Waals surface area contributed by atoms with E-state index in [1.807, 2.05) is 30.3 Å². The minimum atomic E-state index is 0.292. The van der Waals surface area contributed by atoms with Crippen molar-refractivity contribution in [1.29, 1.82) is 0 Å². The lowest BCUT2D eigenvalue weighted by Gasteiger charge is -2.10.